The van der Waals surface area contributed by atoms with E-state index in [1.807, 2.05) is 30.5 Å². The van der Waals surface area contributed by atoms with E-state index < -0.39 is 0 Å². The minimum atomic E-state index is 0.162. The molecule has 2 aromatic rings. The van der Waals surface area contributed by atoms with Gasteiger partial charge in [-0.1, -0.05) is 6.07 Å². The van der Waals surface area contributed by atoms with Crippen molar-refractivity contribution >= 4 is 11.8 Å². The first-order valence-electron chi connectivity index (χ1n) is 8.29. The molecule has 0 amide bonds. The zero-order valence-electron chi connectivity index (χ0n) is 13.1. The summed E-state index contributed by atoms with van der Waals surface area (Å²) in [6.07, 6.45) is 7.24. The maximum absolute atomic E-state index is 5.95. The van der Waals surface area contributed by atoms with E-state index in [0.29, 0.717) is 5.88 Å². The quantitative estimate of drug-likeness (QED) is 0.862. The van der Waals surface area contributed by atoms with Crippen LogP contribution in [0.4, 0.5) is 11.8 Å². The Morgan fingerprint density at radius 3 is 2.70 bits per heavy atom. The summed E-state index contributed by atoms with van der Waals surface area (Å²) in [6.45, 7) is 3.92. The number of aromatic nitrogens is 3. The summed E-state index contributed by atoms with van der Waals surface area (Å²) in [4.78, 5) is 17.9. The van der Waals surface area contributed by atoms with Crippen LogP contribution in [0.1, 0.15) is 19.3 Å². The third-order valence-corrected chi connectivity index (χ3v) is 4.41. The second-order valence-electron chi connectivity index (χ2n) is 6.05. The van der Waals surface area contributed by atoms with Gasteiger partial charge in [-0.2, -0.15) is 4.98 Å². The summed E-state index contributed by atoms with van der Waals surface area (Å²) in [5, 5.41) is 0. The number of hydrogen-bond donors (Lipinski definition) is 0. The lowest BCUT2D eigenvalue weighted by Crippen LogP contribution is -2.27. The predicted octanol–water partition coefficient (Wildman–Crippen LogP) is 2.13. The topological polar surface area (TPSA) is 54.4 Å². The van der Waals surface area contributed by atoms with Crippen LogP contribution in [0.15, 0.2) is 36.7 Å². The molecule has 0 radical (unpaired) electrons. The molecule has 6 heteroatoms. The molecule has 2 saturated heterocycles. The average Bonchev–Trinajstić information content (AvgIpc) is 3.28. The van der Waals surface area contributed by atoms with Crippen molar-refractivity contribution in [1.29, 1.82) is 0 Å². The number of rotatable bonds is 4. The minimum absolute atomic E-state index is 0.162. The van der Waals surface area contributed by atoms with Crippen molar-refractivity contribution in [2.24, 2.45) is 0 Å². The zero-order valence-corrected chi connectivity index (χ0v) is 13.1. The van der Waals surface area contributed by atoms with Gasteiger partial charge in [-0.3, -0.25) is 0 Å². The van der Waals surface area contributed by atoms with E-state index in [0.717, 1.165) is 44.4 Å². The number of hydrogen-bond acceptors (Lipinski definition) is 6. The molecule has 2 aromatic heterocycles. The first kappa shape index (κ1) is 14.2. The summed E-state index contributed by atoms with van der Waals surface area (Å²) < 4.78 is 5.95. The second-order valence-corrected chi connectivity index (χ2v) is 6.05. The SMILES string of the molecule is c1ccc(OC2CCN(c3ccnc(N4CCCC4)n3)C2)nc1. The van der Waals surface area contributed by atoms with Gasteiger partial charge < -0.3 is 14.5 Å². The first-order chi connectivity index (χ1) is 11.4. The van der Waals surface area contributed by atoms with Crippen LogP contribution in [0.3, 0.4) is 0 Å². The third-order valence-electron chi connectivity index (χ3n) is 4.41. The van der Waals surface area contributed by atoms with Crippen molar-refractivity contribution in [3.8, 4) is 5.88 Å². The van der Waals surface area contributed by atoms with Gasteiger partial charge in [0.05, 0.1) is 6.54 Å². The van der Waals surface area contributed by atoms with Gasteiger partial charge in [0.15, 0.2) is 0 Å². The second kappa shape index (κ2) is 6.40. The Bertz CT molecular complexity index is 644. The molecule has 0 bridgehead atoms. The van der Waals surface area contributed by atoms with E-state index in [-0.39, 0.29) is 6.10 Å². The number of anilines is 2. The standard InChI is InChI=1S/C17H21N5O/c1-2-8-18-16(5-1)23-14-7-12-22(13-14)15-6-9-19-17(20-15)21-10-3-4-11-21/h1-2,5-6,8-9,14H,3-4,7,10-13H2. The number of nitrogens with zero attached hydrogens (tertiary/aromatic N) is 5. The molecule has 1 unspecified atom stereocenters. The monoisotopic (exact) mass is 311 g/mol. The van der Waals surface area contributed by atoms with Gasteiger partial charge in [0.2, 0.25) is 11.8 Å². The minimum Gasteiger partial charge on any atom is -0.472 e. The van der Waals surface area contributed by atoms with E-state index in [1.165, 1.54) is 12.8 Å². The number of pyridine rings is 1. The summed E-state index contributed by atoms with van der Waals surface area (Å²) in [5.41, 5.74) is 0. The highest BCUT2D eigenvalue weighted by molar-refractivity contribution is 5.45. The molecule has 120 valence electrons. The van der Waals surface area contributed by atoms with E-state index in [2.05, 4.69) is 19.8 Å². The molecule has 2 fully saturated rings. The Labute approximate surface area is 136 Å². The normalized spacial score (nSPS) is 21.0. The van der Waals surface area contributed by atoms with Crippen LogP contribution in [-0.4, -0.2) is 47.2 Å². The first-order valence-corrected chi connectivity index (χ1v) is 8.29. The van der Waals surface area contributed by atoms with Crippen LogP contribution in [-0.2, 0) is 0 Å². The fraction of sp³-hybridized carbons (Fsp3) is 0.471. The highest BCUT2D eigenvalue weighted by atomic mass is 16.5. The molecule has 1 atom stereocenters. The van der Waals surface area contributed by atoms with Crippen LogP contribution in [0.25, 0.3) is 0 Å². The Morgan fingerprint density at radius 2 is 1.87 bits per heavy atom. The van der Waals surface area contributed by atoms with Gasteiger partial charge in [0.1, 0.15) is 11.9 Å². The average molecular weight is 311 g/mol. The van der Waals surface area contributed by atoms with Gasteiger partial charge in [-0.05, 0) is 25.0 Å². The molecule has 4 heterocycles. The molecule has 6 nitrogen and oxygen atoms in total. The van der Waals surface area contributed by atoms with Crippen LogP contribution in [0.5, 0.6) is 5.88 Å². The number of ether oxygens (including phenoxy) is 1. The largest absolute Gasteiger partial charge is 0.472 e. The molecule has 0 spiro atoms. The van der Waals surface area contributed by atoms with Crippen molar-refractivity contribution in [2.45, 2.75) is 25.4 Å². The van der Waals surface area contributed by atoms with Gasteiger partial charge in [0, 0.05) is 44.5 Å². The van der Waals surface area contributed by atoms with Crippen molar-refractivity contribution in [1.82, 2.24) is 15.0 Å². The fourth-order valence-electron chi connectivity index (χ4n) is 3.20. The molecule has 2 aliphatic rings. The molecule has 0 aliphatic carbocycles. The van der Waals surface area contributed by atoms with Gasteiger partial charge in [-0.25, -0.2) is 9.97 Å². The lowest BCUT2D eigenvalue weighted by molar-refractivity contribution is 0.216. The molecular formula is C17H21N5O. The van der Waals surface area contributed by atoms with Crippen LogP contribution >= 0.6 is 0 Å². The molecular weight excluding hydrogens is 290 g/mol. The van der Waals surface area contributed by atoms with Gasteiger partial charge >= 0.3 is 0 Å². The highest BCUT2D eigenvalue weighted by Gasteiger charge is 2.26. The lowest BCUT2D eigenvalue weighted by atomic mass is 10.3. The van der Waals surface area contributed by atoms with Crippen molar-refractivity contribution < 1.29 is 4.74 Å². The van der Waals surface area contributed by atoms with E-state index >= 15 is 0 Å². The Kier molecular flexibility index (Phi) is 3.96. The smallest absolute Gasteiger partial charge is 0.227 e. The van der Waals surface area contributed by atoms with E-state index in [4.69, 9.17) is 9.72 Å². The molecule has 4 rings (SSSR count). The fourth-order valence-corrected chi connectivity index (χ4v) is 3.20. The highest BCUT2D eigenvalue weighted by Crippen LogP contribution is 2.23. The van der Waals surface area contributed by atoms with Crippen molar-refractivity contribution in [3.05, 3.63) is 36.7 Å². The van der Waals surface area contributed by atoms with Crippen molar-refractivity contribution in [2.75, 3.05) is 36.0 Å². The summed E-state index contributed by atoms with van der Waals surface area (Å²) in [7, 11) is 0. The van der Waals surface area contributed by atoms with Crippen LogP contribution < -0.4 is 14.5 Å². The molecule has 0 N–H and O–H groups in total. The van der Waals surface area contributed by atoms with E-state index in [1.54, 1.807) is 6.20 Å². The molecule has 23 heavy (non-hydrogen) atoms. The molecule has 0 saturated carbocycles. The Morgan fingerprint density at radius 1 is 0.957 bits per heavy atom. The molecule has 2 aliphatic heterocycles. The van der Waals surface area contributed by atoms with Gasteiger partial charge in [-0.15, -0.1) is 0 Å². The van der Waals surface area contributed by atoms with E-state index in [9.17, 15) is 0 Å². The summed E-state index contributed by atoms with van der Waals surface area (Å²) in [6, 6.07) is 7.73. The predicted molar refractivity (Wildman–Crippen MR) is 89.0 cm³/mol. The van der Waals surface area contributed by atoms with Crippen LogP contribution in [0, 0.1) is 0 Å². The van der Waals surface area contributed by atoms with Crippen molar-refractivity contribution in [3.63, 3.8) is 0 Å². The Hall–Kier alpha value is -2.37. The summed E-state index contributed by atoms with van der Waals surface area (Å²) >= 11 is 0. The molecule has 0 aromatic carbocycles. The summed E-state index contributed by atoms with van der Waals surface area (Å²) in [5.74, 6) is 2.54. The third kappa shape index (κ3) is 3.21. The maximum Gasteiger partial charge on any atom is 0.227 e. The lowest BCUT2D eigenvalue weighted by Gasteiger charge is -2.20. The van der Waals surface area contributed by atoms with Crippen LogP contribution in [0.2, 0.25) is 0 Å². The zero-order chi connectivity index (χ0) is 15.5. The van der Waals surface area contributed by atoms with Gasteiger partial charge in [0.25, 0.3) is 0 Å². The maximum atomic E-state index is 5.95. The Balaban J connectivity index is 1.42.